The standard InChI is InChI=1S/C23H21NO/c1-17-7-6-10-22-21(18-11-13-20(25-2)14-12-18)15-16-24(23(17)22)19-8-4-3-5-9-19/h3-16,21H,1-2H3. The molecule has 2 heteroatoms. The summed E-state index contributed by atoms with van der Waals surface area (Å²) in [6, 6.07) is 25.4. The molecule has 0 saturated carbocycles. The molecule has 3 aromatic rings. The third-order valence-electron chi connectivity index (χ3n) is 4.78. The molecule has 0 saturated heterocycles. The van der Waals surface area contributed by atoms with Crippen LogP contribution in [0.5, 0.6) is 5.75 Å². The lowest BCUT2D eigenvalue weighted by atomic mass is 9.86. The molecular weight excluding hydrogens is 306 g/mol. The van der Waals surface area contributed by atoms with Crippen molar-refractivity contribution in [2.75, 3.05) is 12.0 Å². The van der Waals surface area contributed by atoms with Crippen molar-refractivity contribution in [2.45, 2.75) is 12.8 Å². The van der Waals surface area contributed by atoms with E-state index in [0.717, 1.165) is 5.75 Å². The fraction of sp³-hybridized carbons (Fsp3) is 0.130. The molecule has 0 amide bonds. The van der Waals surface area contributed by atoms with Gasteiger partial charge < -0.3 is 9.64 Å². The lowest BCUT2D eigenvalue weighted by Crippen LogP contribution is -2.18. The van der Waals surface area contributed by atoms with Gasteiger partial charge in [0.05, 0.1) is 12.8 Å². The van der Waals surface area contributed by atoms with Crippen molar-refractivity contribution >= 4 is 11.4 Å². The van der Waals surface area contributed by atoms with Crippen LogP contribution in [0.1, 0.15) is 22.6 Å². The van der Waals surface area contributed by atoms with E-state index in [-0.39, 0.29) is 5.92 Å². The summed E-state index contributed by atoms with van der Waals surface area (Å²) in [6.45, 7) is 2.18. The second-order valence-electron chi connectivity index (χ2n) is 6.31. The Kier molecular flexibility index (Phi) is 4.02. The van der Waals surface area contributed by atoms with Crippen molar-refractivity contribution in [3.63, 3.8) is 0 Å². The first-order chi connectivity index (χ1) is 12.3. The molecule has 3 aromatic carbocycles. The quantitative estimate of drug-likeness (QED) is 0.602. The molecule has 4 rings (SSSR count). The van der Waals surface area contributed by atoms with Gasteiger partial charge in [-0.15, -0.1) is 0 Å². The average molecular weight is 327 g/mol. The summed E-state index contributed by atoms with van der Waals surface area (Å²) >= 11 is 0. The number of nitrogens with zero attached hydrogens (tertiary/aromatic N) is 1. The van der Waals surface area contributed by atoms with Crippen LogP contribution in [0.4, 0.5) is 11.4 Å². The van der Waals surface area contributed by atoms with Gasteiger partial charge in [-0.2, -0.15) is 0 Å². The van der Waals surface area contributed by atoms with Crippen LogP contribution in [0.25, 0.3) is 0 Å². The first kappa shape index (κ1) is 15.5. The van der Waals surface area contributed by atoms with Gasteiger partial charge in [0.2, 0.25) is 0 Å². The zero-order valence-electron chi connectivity index (χ0n) is 14.5. The molecule has 1 aliphatic heterocycles. The van der Waals surface area contributed by atoms with Crippen LogP contribution >= 0.6 is 0 Å². The van der Waals surface area contributed by atoms with Gasteiger partial charge in [0.15, 0.2) is 0 Å². The Hall–Kier alpha value is -3.00. The molecule has 0 bridgehead atoms. The second kappa shape index (κ2) is 6.48. The van der Waals surface area contributed by atoms with Gasteiger partial charge in [-0.25, -0.2) is 0 Å². The zero-order chi connectivity index (χ0) is 17.2. The van der Waals surface area contributed by atoms with Gasteiger partial charge in [-0.3, -0.25) is 0 Å². The van der Waals surface area contributed by atoms with Crippen LogP contribution in [-0.4, -0.2) is 7.11 Å². The number of ether oxygens (including phenoxy) is 1. The molecule has 0 aliphatic carbocycles. The molecule has 25 heavy (non-hydrogen) atoms. The molecule has 0 aromatic heterocycles. The van der Waals surface area contributed by atoms with Crippen molar-refractivity contribution in [1.29, 1.82) is 0 Å². The van der Waals surface area contributed by atoms with Crippen molar-refractivity contribution in [1.82, 2.24) is 0 Å². The van der Waals surface area contributed by atoms with Gasteiger partial charge in [0.1, 0.15) is 5.75 Å². The Morgan fingerprint density at radius 3 is 2.32 bits per heavy atom. The minimum absolute atomic E-state index is 0.251. The predicted octanol–water partition coefficient (Wildman–Crippen LogP) is 5.80. The highest BCUT2D eigenvalue weighted by molar-refractivity contribution is 5.75. The van der Waals surface area contributed by atoms with E-state index in [1.807, 2.05) is 12.1 Å². The number of allylic oxidation sites excluding steroid dienone is 1. The van der Waals surface area contributed by atoms with E-state index in [2.05, 4.69) is 84.8 Å². The first-order valence-electron chi connectivity index (χ1n) is 8.54. The molecule has 1 heterocycles. The van der Waals surface area contributed by atoms with Crippen LogP contribution in [0.15, 0.2) is 85.1 Å². The summed E-state index contributed by atoms with van der Waals surface area (Å²) in [5.74, 6) is 1.14. The van der Waals surface area contributed by atoms with Crippen LogP contribution in [0, 0.1) is 6.92 Å². The largest absolute Gasteiger partial charge is 0.497 e. The third kappa shape index (κ3) is 2.80. The number of hydrogen-bond donors (Lipinski definition) is 0. The zero-order valence-corrected chi connectivity index (χ0v) is 14.5. The number of methoxy groups -OCH3 is 1. The minimum atomic E-state index is 0.251. The summed E-state index contributed by atoms with van der Waals surface area (Å²) in [5, 5.41) is 0. The average Bonchev–Trinajstić information content (AvgIpc) is 2.68. The fourth-order valence-corrected chi connectivity index (χ4v) is 3.52. The molecule has 0 radical (unpaired) electrons. The van der Waals surface area contributed by atoms with Gasteiger partial charge in [-0.05, 0) is 47.9 Å². The maximum atomic E-state index is 5.29. The number of benzene rings is 3. The highest BCUT2D eigenvalue weighted by Crippen LogP contribution is 2.42. The van der Waals surface area contributed by atoms with Gasteiger partial charge in [-0.1, -0.05) is 54.6 Å². The van der Waals surface area contributed by atoms with E-state index < -0.39 is 0 Å². The van der Waals surface area contributed by atoms with E-state index >= 15 is 0 Å². The van der Waals surface area contributed by atoms with Crippen molar-refractivity contribution in [3.05, 3.63) is 102 Å². The Bertz CT molecular complexity index is 897. The molecule has 1 aliphatic rings. The highest BCUT2D eigenvalue weighted by atomic mass is 16.5. The Balaban J connectivity index is 1.82. The number of fused-ring (bicyclic) bond motifs is 1. The molecule has 2 nitrogen and oxygen atoms in total. The number of hydrogen-bond acceptors (Lipinski definition) is 2. The van der Waals surface area contributed by atoms with Crippen molar-refractivity contribution < 1.29 is 4.74 Å². The second-order valence-corrected chi connectivity index (χ2v) is 6.31. The van der Waals surface area contributed by atoms with Crippen molar-refractivity contribution in [3.8, 4) is 5.75 Å². The molecule has 0 fully saturated rings. The summed E-state index contributed by atoms with van der Waals surface area (Å²) in [7, 11) is 1.70. The number of aryl methyl sites for hydroxylation is 1. The van der Waals surface area contributed by atoms with Gasteiger partial charge in [0.25, 0.3) is 0 Å². The monoisotopic (exact) mass is 327 g/mol. The molecule has 1 atom stereocenters. The van der Waals surface area contributed by atoms with Crippen LogP contribution < -0.4 is 9.64 Å². The maximum Gasteiger partial charge on any atom is 0.118 e. The molecule has 1 unspecified atom stereocenters. The fourth-order valence-electron chi connectivity index (χ4n) is 3.52. The Morgan fingerprint density at radius 1 is 0.840 bits per heavy atom. The number of rotatable bonds is 3. The highest BCUT2D eigenvalue weighted by Gasteiger charge is 2.24. The summed E-state index contributed by atoms with van der Waals surface area (Å²) in [4.78, 5) is 2.28. The first-order valence-corrected chi connectivity index (χ1v) is 8.54. The Morgan fingerprint density at radius 2 is 1.60 bits per heavy atom. The lowest BCUT2D eigenvalue weighted by molar-refractivity contribution is 0.414. The topological polar surface area (TPSA) is 12.5 Å². The smallest absolute Gasteiger partial charge is 0.118 e. The van der Waals surface area contributed by atoms with E-state index in [1.54, 1.807) is 7.11 Å². The van der Waals surface area contributed by atoms with Crippen LogP contribution in [0.3, 0.4) is 0 Å². The maximum absolute atomic E-state index is 5.29. The third-order valence-corrected chi connectivity index (χ3v) is 4.78. The normalized spacial score (nSPS) is 15.8. The number of anilines is 2. The minimum Gasteiger partial charge on any atom is -0.497 e. The number of para-hydroxylation sites is 2. The van der Waals surface area contributed by atoms with E-state index in [4.69, 9.17) is 4.74 Å². The molecule has 0 N–H and O–H groups in total. The summed E-state index contributed by atoms with van der Waals surface area (Å²) in [5.41, 5.74) is 6.34. The molecule has 124 valence electrons. The molecular formula is C23H21NO. The van der Waals surface area contributed by atoms with E-state index in [0.29, 0.717) is 0 Å². The summed E-state index contributed by atoms with van der Waals surface area (Å²) < 4.78 is 5.29. The van der Waals surface area contributed by atoms with Crippen LogP contribution in [0.2, 0.25) is 0 Å². The van der Waals surface area contributed by atoms with Gasteiger partial charge >= 0.3 is 0 Å². The summed E-state index contributed by atoms with van der Waals surface area (Å²) in [6.07, 6.45) is 4.47. The van der Waals surface area contributed by atoms with Crippen molar-refractivity contribution in [2.24, 2.45) is 0 Å². The van der Waals surface area contributed by atoms with Crippen LogP contribution in [-0.2, 0) is 0 Å². The van der Waals surface area contributed by atoms with Gasteiger partial charge in [0, 0.05) is 17.8 Å². The molecule has 0 spiro atoms. The predicted molar refractivity (Wildman–Crippen MR) is 104 cm³/mol. The lowest BCUT2D eigenvalue weighted by Gasteiger charge is -2.32. The van der Waals surface area contributed by atoms with E-state index in [1.165, 1.54) is 28.1 Å². The van der Waals surface area contributed by atoms with E-state index in [9.17, 15) is 0 Å². The SMILES string of the molecule is COc1ccc(C2C=CN(c3ccccc3)c3c(C)cccc32)cc1. The Labute approximate surface area is 149 Å².